The Labute approximate surface area is 117 Å². The fourth-order valence-corrected chi connectivity index (χ4v) is 1.68. The molecule has 21 heavy (non-hydrogen) atoms. The zero-order chi connectivity index (χ0) is 15.6. The third-order valence-electron chi connectivity index (χ3n) is 2.75. The largest absolute Gasteiger partial charge is 0.416 e. The van der Waals surface area contributed by atoms with Crippen LogP contribution < -0.4 is 11.1 Å². The number of para-hydroxylation sites is 2. The number of hydrogen-bond donors (Lipinski definition) is 2. The van der Waals surface area contributed by atoms with E-state index in [1.165, 1.54) is 12.1 Å². The van der Waals surface area contributed by atoms with Gasteiger partial charge in [0.1, 0.15) is 5.82 Å². The van der Waals surface area contributed by atoms with Gasteiger partial charge in [-0.15, -0.1) is 0 Å². The van der Waals surface area contributed by atoms with Gasteiger partial charge in [0.05, 0.1) is 22.5 Å². The summed E-state index contributed by atoms with van der Waals surface area (Å²) in [7, 11) is 0. The van der Waals surface area contributed by atoms with Crippen molar-refractivity contribution in [3.63, 3.8) is 0 Å². The standard InChI is InChI=1S/C14H10F4N2O/c15-10-6-5-8(14(16,17)18)7-9(10)13(21)20-12-4-2-1-3-11(12)19/h1-7H,19H2,(H,20,21). The molecule has 2 aromatic rings. The van der Waals surface area contributed by atoms with Gasteiger partial charge in [0.25, 0.3) is 5.91 Å². The third-order valence-corrected chi connectivity index (χ3v) is 2.75. The number of halogens is 4. The number of amides is 1. The van der Waals surface area contributed by atoms with Gasteiger partial charge >= 0.3 is 6.18 Å². The van der Waals surface area contributed by atoms with E-state index in [1.54, 1.807) is 12.1 Å². The Morgan fingerprint density at radius 2 is 1.76 bits per heavy atom. The summed E-state index contributed by atoms with van der Waals surface area (Å²) in [5.41, 5.74) is 4.21. The molecule has 0 aromatic heterocycles. The molecule has 110 valence electrons. The lowest BCUT2D eigenvalue weighted by molar-refractivity contribution is -0.137. The van der Waals surface area contributed by atoms with E-state index in [-0.39, 0.29) is 11.4 Å². The first-order valence-electron chi connectivity index (χ1n) is 5.81. The average Bonchev–Trinajstić information content (AvgIpc) is 2.40. The Balaban J connectivity index is 2.33. The summed E-state index contributed by atoms with van der Waals surface area (Å²) in [6.45, 7) is 0. The maximum absolute atomic E-state index is 13.6. The van der Waals surface area contributed by atoms with Gasteiger partial charge in [-0.05, 0) is 30.3 Å². The van der Waals surface area contributed by atoms with Gasteiger partial charge in [0.15, 0.2) is 0 Å². The predicted octanol–water partition coefficient (Wildman–Crippen LogP) is 3.68. The molecule has 2 aromatic carbocycles. The fraction of sp³-hybridized carbons (Fsp3) is 0.0714. The fourth-order valence-electron chi connectivity index (χ4n) is 1.68. The number of alkyl halides is 3. The molecule has 0 fully saturated rings. The molecule has 0 saturated heterocycles. The average molecular weight is 298 g/mol. The Morgan fingerprint density at radius 1 is 1.10 bits per heavy atom. The number of nitrogen functional groups attached to an aromatic ring is 1. The number of carbonyl (C=O) groups excluding carboxylic acids is 1. The second kappa shape index (κ2) is 5.43. The quantitative estimate of drug-likeness (QED) is 0.656. The Bertz CT molecular complexity index is 683. The van der Waals surface area contributed by atoms with Crippen molar-refractivity contribution in [1.29, 1.82) is 0 Å². The van der Waals surface area contributed by atoms with Gasteiger partial charge in [-0.3, -0.25) is 4.79 Å². The highest BCUT2D eigenvalue weighted by molar-refractivity contribution is 6.06. The van der Waals surface area contributed by atoms with E-state index < -0.39 is 29.0 Å². The van der Waals surface area contributed by atoms with Crippen LogP contribution in [0.3, 0.4) is 0 Å². The molecule has 0 radical (unpaired) electrons. The van der Waals surface area contributed by atoms with Crippen molar-refractivity contribution in [3.05, 3.63) is 59.4 Å². The molecule has 0 atom stereocenters. The summed E-state index contributed by atoms with van der Waals surface area (Å²) < 4.78 is 51.3. The maximum atomic E-state index is 13.6. The van der Waals surface area contributed by atoms with Crippen molar-refractivity contribution in [2.75, 3.05) is 11.1 Å². The van der Waals surface area contributed by atoms with Crippen LogP contribution in [0.4, 0.5) is 28.9 Å². The van der Waals surface area contributed by atoms with Crippen LogP contribution in [-0.4, -0.2) is 5.91 Å². The molecule has 0 heterocycles. The summed E-state index contributed by atoms with van der Waals surface area (Å²) in [6, 6.07) is 7.79. The molecule has 2 rings (SSSR count). The van der Waals surface area contributed by atoms with Crippen molar-refractivity contribution in [3.8, 4) is 0 Å². The highest BCUT2D eigenvalue weighted by atomic mass is 19.4. The molecule has 3 nitrogen and oxygen atoms in total. The third kappa shape index (κ3) is 3.31. The number of hydrogen-bond acceptors (Lipinski definition) is 2. The van der Waals surface area contributed by atoms with Gasteiger partial charge in [0, 0.05) is 0 Å². The van der Waals surface area contributed by atoms with Crippen molar-refractivity contribution in [1.82, 2.24) is 0 Å². The first kappa shape index (κ1) is 14.8. The summed E-state index contributed by atoms with van der Waals surface area (Å²) in [5.74, 6) is -2.05. The van der Waals surface area contributed by atoms with Crippen molar-refractivity contribution < 1.29 is 22.4 Å². The monoisotopic (exact) mass is 298 g/mol. The normalized spacial score (nSPS) is 11.2. The van der Waals surface area contributed by atoms with E-state index >= 15 is 0 Å². The van der Waals surface area contributed by atoms with Crippen LogP contribution in [0.25, 0.3) is 0 Å². The molecule has 0 aliphatic heterocycles. The molecule has 7 heteroatoms. The van der Waals surface area contributed by atoms with Gasteiger partial charge in [0.2, 0.25) is 0 Å². The van der Waals surface area contributed by atoms with Crippen LogP contribution in [0.2, 0.25) is 0 Å². The van der Waals surface area contributed by atoms with E-state index in [9.17, 15) is 22.4 Å². The molecule has 0 saturated carbocycles. The highest BCUT2D eigenvalue weighted by Crippen LogP contribution is 2.30. The smallest absolute Gasteiger partial charge is 0.397 e. The van der Waals surface area contributed by atoms with Crippen LogP contribution >= 0.6 is 0 Å². The molecule has 3 N–H and O–H groups in total. The van der Waals surface area contributed by atoms with E-state index in [0.717, 1.165) is 0 Å². The van der Waals surface area contributed by atoms with Crippen molar-refractivity contribution in [2.24, 2.45) is 0 Å². The topological polar surface area (TPSA) is 55.1 Å². The zero-order valence-corrected chi connectivity index (χ0v) is 10.5. The maximum Gasteiger partial charge on any atom is 0.416 e. The number of nitrogens with one attached hydrogen (secondary N) is 1. The van der Waals surface area contributed by atoms with E-state index in [2.05, 4.69) is 5.32 Å². The van der Waals surface area contributed by atoms with Gasteiger partial charge in [-0.2, -0.15) is 13.2 Å². The molecule has 0 unspecified atom stereocenters. The first-order chi connectivity index (χ1) is 9.79. The van der Waals surface area contributed by atoms with Gasteiger partial charge in [-0.25, -0.2) is 4.39 Å². The van der Waals surface area contributed by atoms with Crippen molar-refractivity contribution in [2.45, 2.75) is 6.18 Å². The van der Waals surface area contributed by atoms with E-state index in [0.29, 0.717) is 18.2 Å². The summed E-state index contributed by atoms with van der Waals surface area (Å²) in [4.78, 5) is 11.9. The van der Waals surface area contributed by atoms with E-state index in [1.807, 2.05) is 0 Å². The zero-order valence-electron chi connectivity index (χ0n) is 10.5. The van der Waals surface area contributed by atoms with Crippen LogP contribution in [0.1, 0.15) is 15.9 Å². The summed E-state index contributed by atoms with van der Waals surface area (Å²) in [6.07, 6.45) is -4.66. The summed E-state index contributed by atoms with van der Waals surface area (Å²) >= 11 is 0. The lowest BCUT2D eigenvalue weighted by atomic mass is 10.1. The predicted molar refractivity (Wildman–Crippen MR) is 70.2 cm³/mol. The second-order valence-corrected chi connectivity index (χ2v) is 4.23. The van der Waals surface area contributed by atoms with E-state index in [4.69, 9.17) is 5.73 Å². The van der Waals surface area contributed by atoms with Crippen LogP contribution in [-0.2, 0) is 6.18 Å². The van der Waals surface area contributed by atoms with Crippen LogP contribution in [0, 0.1) is 5.82 Å². The van der Waals surface area contributed by atoms with Crippen LogP contribution in [0.5, 0.6) is 0 Å². The Morgan fingerprint density at radius 3 is 2.38 bits per heavy atom. The lowest BCUT2D eigenvalue weighted by Gasteiger charge is -2.11. The number of anilines is 2. The molecular weight excluding hydrogens is 288 g/mol. The second-order valence-electron chi connectivity index (χ2n) is 4.23. The minimum atomic E-state index is -4.66. The summed E-state index contributed by atoms with van der Waals surface area (Å²) in [5, 5.41) is 2.27. The minimum Gasteiger partial charge on any atom is -0.397 e. The SMILES string of the molecule is Nc1ccccc1NC(=O)c1cc(C(F)(F)F)ccc1F. The molecule has 1 amide bonds. The Hall–Kier alpha value is -2.57. The number of rotatable bonds is 2. The lowest BCUT2D eigenvalue weighted by Crippen LogP contribution is -2.16. The molecule has 0 spiro atoms. The molecule has 0 bridgehead atoms. The van der Waals surface area contributed by atoms with Crippen molar-refractivity contribution >= 4 is 17.3 Å². The molecule has 0 aliphatic carbocycles. The minimum absolute atomic E-state index is 0.194. The highest BCUT2D eigenvalue weighted by Gasteiger charge is 2.32. The van der Waals surface area contributed by atoms with Crippen LogP contribution in [0.15, 0.2) is 42.5 Å². The molecular formula is C14H10F4N2O. The molecule has 0 aliphatic rings. The first-order valence-corrected chi connectivity index (χ1v) is 5.81. The Kier molecular flexibility index (Phi) is 3.84. The number of carbonyl (C=O) groups is 1. The van der Waals surface area contributed by atoms with Gasteiger partial charge < -0.3 is 11.1 Å². The number of nitrogens with two attached hydrogens (primary N) is 1. The number of benzene rings is 2. The van der Waals surface area contributed by atoms with Gasteiger partial charge in [-0.1, -0.05) is 12.1 Å².